The maximum Gasteiger partial charge on any atom is 0.0490 e. The molecule has 0 spiro atoms. The molecule has 2 rings (SSSR count). The normalized spacial score (nSPS) is 25.3. The van der Waals surface area contributed by atoms with E-state index >= 15 is 0 Å². The Labute approximate surface area is 100 Å². The van der Waals surface area contributed by atoms with Crippen LogP contribution < -0.4 is 5.43 Å². The fourth-order valence-corrected chi connectivity index (χ4v) is 2.49. The van der Waals surface area contributed by atoms with E-state index in [0.717, 1.165) is 13.1 Å². The molecule has 0 aromatic carbocycles. The SMILES string of the molecule is CC.CCC1NN(CC)C2=C1CCN(C)C2. The Kier molecular flexibility index (Phi) is 5.29. The molecule has 0 saturated carbocycles. The van der Waals surface area contributed by atoms with Crippen LogP contribution in [-0.4, -0.2) is 42.6 Å². The van der Waals surface area contributed by atoms with E-state index in [0.29, 0.717) is 6.04 Å². The molecule has 16 heavy (non-hydrogen) atoms. The first-order chi connectivity index (χ1) is 7.76. The third kappa shape index (κ3) is 2.58. The Bertz CT molecular complexity index is 248. The van der Waals surface area contributed by atoms with Gasteiger partial charge in [-0.05, 0) is 32.4 Å². The first-order valence-electron chi connectivity index (χ1n) is 6.70. The molecule has 0 aromatic heterocycles. The molecule has 2 heterocycles. The first kappa shape index (κ1) is 13.5. The predicted molar refractivity (Wildman–Crippen MR) is 70.1 cm³/mol. The van der Waals surface area contributed by atoms with Gasteiger partial charge in [-0.3, -0.25) is 0 Å². The minimum atomic E-state index is 0.610. The van der Waals surface area contributed by atoms with Crippen LogP contribution in [-0.2, 0) is 0 Å². The van der Waals surface area contributed by atoms with Crippen LogP contribution in [0.25, 0.3) is 0 Å². The monoisotopic (exact) mass is 225 g/mol. The molecule has 0 fully saturated rings. The highest BCUT2D eigenvalue weighted by Crippen LogP contribution is 2.28. The summed E-state index contributed by atoms with van der Waals surface area (Å²) >= 11 is 0. The Hall–Kier alpha value is -0.540. The zero-order valence-electron chi connectivity index (χ0n) is 11.5. The second kappa shape index (κ2) is 6.26. The van der Waals surface area contributed by atoms with E-state index in [1.165, 1.54) is 25.1 Å². The van der Waals surface area contributed by atoms with Gasteiger partial charge >= 0.3 is 0 Å². The van der Waals surface area contributed by atoms with Crippen LogP contribution in [0.2, 0.25) is 0 Å². The average molecular weight is 225 g/mol. The van der Waals surface area contributed by atoms with Gasteiger partial charge in [-0.2, -0.15) is 0 Å². The van der Waals surface area contributed by atoms with Crippen LogP contribution >= 0.6 is 0 Å². The number of nitrogens with zero attached hydrogens (tertiary/aromatic N) is 2. The maximum atomic E-state index is 3.59. The van der Waals surface area contributed by atoms with Crippen LogP contribution in [0.3, 0.4) is 0 Å². The van der Waals surface area contributed by atoms with Crippen molar-refractivity contribution in [2.75, 3.05) is 26.7 Å². The Morgan fingerprint density at radius 1 is 1.31 bits per heavy atom. The van der Waals surface area contributed by atoms with Crippen molar-refractivity contribution in [3.05, 3.63) is 11.3 Å². The van der Waals surface area contributed by atoms with Gasteiger partial charge in [0.2, 0.25) is 0 Å². The number of hydrazine groups is 1. The van der Waals surface area contributed by atoms with Crippen molar-refractivity contribution < 1.29 is 0 Å². The lowest BCUT2D eigenvalue weighted by Gasteiger charge is -2.28. The standard InChI is InChI=1S/C11H21N3.C2H6/c1-4-10-9-6-7-13(3)8-11(9)14(5-2)12-10;1-2/h10,12H,4-8H2,1-3H3;1-2H3. The van der Waals surface area contributed by atoms with E-state index in [4.69, 9.17) is 0 Å². The second-order valence-corrected chi connectivity index (χ2v) is 4.29. The molecule has 1 unspecified atom stereocenters. The molecule has 0 radical (unpaired) electrons. The first-order valence-corrected chi connectivity index (χ1v) is 6.70. The van der Waals surface area contributed by atoms with Gasteiger partial charge in [0.25, 0.3) is 0 Å². The summed E-state index contributed by atoms with van der Waals surface area (Å²) in [7, 11) is 2.21. The van der Waals surface area contributed by atoms with Gasteiger partial charge in [0.05, 0.1) is 0 Å². The molecule has 0 aliphatic carbocycles. The van der Waals surface area contributed by atoms with E-state index in [9.17, 15) is 0 Å². The highest BCUT2D eigenvalue weighted by Gasteiger charge is 2.31. The van der Waals surface area contributed by atoms with Crippen LogP contribution in [0.1, 0.15) is 40.5 Å². The van der Waals surface area contributed by atoms with Crippen LogP contribution in [0, 0.1) is 0 Å². The fraction of sp³-hybridized carbons (Fsp3) is 0.846. The van der Waals surface area contributed by atoms with Crippen molar-refractivity contribution in [3.63, 3.8) is 0 Å². The average Bonchev–Trinajstić information content (AvgIpc) is 2.68. The van der Waals surface area contributed by atoms with Crippen molar-refractivity contribution >= 4 is 0 Å². The largest absolute Gasteiger partial charge is 0.311 e. The Balaban J connectivity index is 0.000000606. The molecular weight excluding hydrogens is 198 g/mol. The lowest BCUT2D eigenvalue weighted by atomic mass is 9.98. The molecular formula is C13H27N3. The number of likely N-dealkylation sites (N-methyl/N-ethyl adjacent to an activating group) is 2. The molecule has 0 amide bonds. The molecule has 3 heteroatoms. The quantitative estimate of drug-likeness (QED) is 0.777. The highest BCUT2D eigenvalue weighted by molar-refractivity contribution is 5.27. The number of hydrogen-bond donors (Lipinski definition) is 1. The minimum absolute atomic E-state index is 0.610. The Morgan fingerprint density at radius 2 is 2.00 bits per heavy atom. The number of hydrogen-bond acceptors (Lipinski definition) is 3. The molecule has 2 aliphatic rings. The van der Waals surface area contributed by atoms with Gasteiger partial charge in [0, 0.05) is 31.4 Å². The molecule has 3 nitrogen and oxygen atoms in total. The summed E-state index contributed by atoms with van der Waals surface area (Å²) in [6.07, 6.45) is 2.45. The van der Waals surface area contributed by atoms with Gasteiger partial charge in [0.15, 0.2) is 0 Å². The van der Waals surface area contributed by atoms with Gasteiger partial charge < -0.3 is 9.91 Å². The van der Waals surface area contributed by atoms with E-state index in [1.807, 2.05) is 13.8 Å². The lowest BCUT2D eigenvalue weighted by Crippen LogP contribution is -2.38. The lowest BCUT2D eigenvalue weighted by molar-refractivity contribution is 0.237. The molecule has 94 valence electrons. The van der Waals surface area contributed by atoms with E-state index in [-0.39, 0.29) is 0 Å². The third-order valence-corrected chi connectivity index (χ3v) is 3.34. The second-order valence-electron chi connectivity index (χ2n) is 4.29. The summed E-state index contributed by atoms with van der Waals surface area (Å²) in [6, 6.07) is 0.610. The van der Waals surface area contributed by atoms with E-state index in [2.05, 4.69) is 36.2 Å². The van der Waals surface area contributed by atoms with Gasteiger partial charge in [-0.25, -0.2) is 5.43 Å². The summed E-state index contributed by atoms with van der Waals surface area (Å²) in [6.45, 7) is 11.9. The summed E-state index contributed by atoms with van der Waals surface area (Å²) in [5, 5.41) is 2.33. The van der Waals surface area contributed by atoms with Crippen molar-refractivity contribution in [1.82, 2.24) is 15.3 Å². The molecule has 0 aromatic rings. The van der Waals surface area contributed by atoms with E-state index < -0.39 is 0 Å². The zero-order chi connectivity index (χ0) is 12.1. The zero-order valence-corrected chi connectivity index (χ0v) is 11.5. The third-order valence-electron chi connectivity index (χ3n) is 3.34. The summed E-state index contributed by atoms with van der Waals surface area (Å²) in [4.78, 5) is 2.40. The van der Waals surface area contributed by atoms with Crippen LogP contribution in [0.5, 0.6) is 0 Å². The molecule has 0 bridgehead atoms. The summed E-state index contributed by atoms with van der Waals surface area (Å²) in [5.41, 5.74) is 6.78. The van der Waals surface area contributed by atoms with Crippen LogP contribution in [0.4, 0.5) is 0 Å². The van der Waals surface area contributed by atoms with Crippen LogP contribution in [0.15, 0.2) is 11.3 Å². The number of rotatable bonds is 2. The topological polar surface area (TPSA) is 18.5 Å². The maximum absolute atomic E-state index is 3.59. The molecule has 1 atom stereocenters. The number of nitrogens with one attached hydrogen (secondary N) is 1. The minimum Gasteiger partial charge on any atom is -0.311 e. The van der Waals surface area contributed by atoms with Gasteiger partial charge in [-0.15, -0.1) is 0 Å². The highest BCUT2D eigenvalue weighted by atomic mass is 15.5. The predicted octanol–water partition coefficient (Wildman–Crippen LogP) is 2.22. The molecule has 1 N–H and O–H groups in total. The van der Waals surface area contributed by atoms with Gasteiger partial charge in [0.1, 0.15) is 0 Å². The summed E-state index contributed by atoms with van der Waals surface area (Å²) in [5.74, 6) is 0. The fourth-order valence-electron chi connectivity index (χ4n) is 2.49. The van der Waals surface area contributed by atoms with Crippen molar-refractivity contribution in [3.8, 4) is 0 Å². The molecule has 2 aliphatic heterocycles. The summed E-state index contributed by atoms with van der Waals surface area (Å²) < 4.78 is 0. The molecule has 0 saturated heterocycles. The van der Waals surface area contributed by atoms with Gasteiger partial charge in [-0.1, -0.05) is 20.8 Å². The Morgan fingerprint density at radius 3 is 2.56 bits per heavy atom. The smallest absolute Gasteiger partial charge is 0.0490 e. The van der Waals surface area contributed by atoms with E-state index in [1.54, 1.807) is 5.57 Å². The van der Waals surface area contributed by atoms with Crippen molar-refractivity contribution in [1.29, 1.82) is 0 Å². The van der Waals surface area contributed by atoms with Crippen molar-refractivity contribution in [2.45, 2.75) is 46.6 Å². The van der Waals surface area contributed by atoms with Crippen molar-refractivity contribution in [2.24, 2.45) is 0 Å².